The first-order chi connectivity index (χ1) is 13.2. The molecule has 2 aromatic heterocycles. The van der Waals surface area contributed by atoms with Crippen molar-refractivity contribution < 1.29 is 9.34 Å². The SMILES string of the molecule is O=[N+]([O-])c1ccc(-c2ccc(C=NNc3ncnc4ccccc34)o2)cc1. The van der Waals surface area contributed by atoms with Crippen LogP contribution in [0.25, 0.3) is 22.2 Å². The first kappa shape index (κ1) is 16.4. The molecule has 0 saturated carbocycles. The number of hydrazone groups is 1. The Balaban J connectivity index is 1.49. The number of hydrogen-bond donors (Lipinski definition) is 1. The van der Waals surface area contributed by atoms with Gasteiger partial charge in [-0.25, -0.2) is 9.97 Å². The maximum absolute atomic E-state index is 10.7. The first-order valence-corrected chi connectivity index (χ1v) is 8.04. The Kier molecular flexibility index (Phi) is 4.28. The van der Waals surface area contributed by atoms with Crippen LogP contribution >= 0.6 is 0 Å². The van der Waals surface area contributed by atoms with E-state index in [2.05, 4.69) is 20.5 Å². The highest BCUT2D eigenvalue weighted by molar-refractivity contribution is 5.89. The van der Waals surface area contributed by atoms with Crippen LogP contribution in [-0.4, -0.2) is 21.1 Å². The lowest BCUT2D eigenvalue weighted by molar-refractivity contribution is -0.384. The predicted molar refractivity (Wildman–Crippen MR) is 102 cm³/mol. The molecule has 132 valence electrons. The second-order valence-electron chi connectivity index (χ2n) is 5.62. The molecule has 1 N–H and O–H groups in total. The molecule has 8 nitrogen and oxygen atoms in total. The smallest absolute Gasteiger partial charge is 0.269 e. The monoisotopic (exact) mass is 359 g/mol. The van der Waals surface area contributed by atoms with Gasteiger partial charge in [-0.1, -0.05) is 12.1 Å². The number of para-hydroxylation sites is 1. The van der Waals surface area contributed by atoms with Crippen molar-refractivity contribution in [3.63, 3.8) is 0 Å². The third kappa shape index (κ3) is 3.49. The number of nitro groups is 1. The number of furan rings is 1. The molecule has 2 aromatic carbocycles. The molecule has 27 heavy (non-hydrogen) atoms. The van der Waals surface area contributed by atoms with E-state index in [9.17, 15) is 10.1 Å². The third-order valence-electron chi connectivity index (χ3n) is 3.89. The zero-order valence-electron chi connectivity index (χ0n) is 13.9. The Bertz CT molecular complexity index is 1130. The lowest BCUT2D eigenvalue weighted by Gasteiger charge is -2.02. The highest BCUT2D eigenvalue weighted by Gasteiger charge is 2.08. The van der Waals surface area contributed by atoms with Crippen LogP contribution in [-0.2, 0) is 0 Å². The molecular formula is C19H13N5O3. The minimum Gasteiger partial charge on any atom is -0.455 e. The van der Waals surface area contributed by atoms with Crippen molar-refractivity contribution in [2.24, 2.45) is 5.10 Å². The molecular weight excluding hydrogens is 346 g/mol. The number of fused-ring (bicyclic) bond motifs is 1. The molecule has 4 rings (SSSR count). The number of nitro benzene ring substituents is 1. The Morgan fingerprint density at radius 3 is 2.67 bits per heavy atom. The van der Waals surface area contributed by atoms with E-state index in [0.29, 0.717) is 17.3 Å². The molecule has 0 aliphatic heterocycles. The third-order valence-corrected chi connectivity index (χ3v) is 3.89. The van der Waals surface area contributed by atoms with Gasteiger partial charge in [0, 0.05) is 23.1 Å². The fourth-order valence-corrected chi connectivity index (χ4v) is 2.58. The van der Waals surface area contributed by atoms with Gasteiger partial charge in [-0.15, -0.1) is 0 Å². The summed E-state index contributed by atoms with van der Waals surface area (Å²) in [5.41, 5.74) is 4.49. The van der Waals surface area contributed by atoms with E-state index in [1.165, 1.54) is 24.7 Å². The van der Waals surface area contributed by atoms with Crippen LogP contribution in [0.2, 0.25) is 0 Å². The predicted octanol–water partition coefficient (Wildman–Crippen LogP) is 4.24. The van der Waals surface area contributed by atoms with Crippen molar-refractivity contribution in [1.29, 1.82) is 0 Å². The van der Waals surface area contributed by atoms with Crippen molar-refractivity contribution >= 4 is 28.6 Å². The van der Waals surface area contributed by atoms with Gasteiger partial charge in [0.1, 0.15) is 17.8 Å². The number of nitrogens with one attached hydrogen (secondary N) is 1. The molecule has 0 aliphatic rings. The summed E-state index contributed by atoms with van der Waals surface area (Å²) in [4.78, 5) is 18.7. The van der Waals surface area contributed by atoms with E-state index in [1.807, 2.05) is 24.3 Å². The molecule has 0 bridgehead atoms. The number of anilines is 1. The van der Waals surface area contributed by atoms with Crippen LogP contribution in [0.5, 0.6) is 0 Å². The molecule has 0 unspecified atom stereocenters. The quantitative estimate of drug-likeness (QED) is 0.324. The minimum absolute atomic E-state index is 0.0355. The topological polar surface area (TPSA) is 106 Å². The lowest BCUT2D eigenvalue weighted by Crippen LogP contribution is -1.95. The normalized spacial score (nSPS) is 11.1. The summed E-state index contributed by atoms with van der Waals surface area (Å²) in [6.45, 7) is 0. The van der Waals surface area contributed by atoms with Crippen molar-refractivity contribution in [3.05, 3.63) is 82.9 Å². The first-order valence-electron chi connectivity index (χ1n) is 8.04. The van der Waals surface area contributed by atoms with E-state index >= 15 is 0 Å². The van der Waals surface area contributed by atoms with E-state index in [0.717, 1.165) is 16.5 Å². The largest absolute Gasteiger partial charge is 0.455 e. The summed E-state index contributed by atoms with van der Waals surface area (Å²) in [7, 11) is 0. The van der Waals surface area contributed by atoms with E-state index in [1.54, 1.807) is 24.3 Å². The second-order valence-corrected chi connectivity index (χ2v) is 5.62. The molecule has 4 aromatic rings. The average Bonchev–Trinajstić information content (AvgIpc) is 3.17. The van der Waals surface area contributed by atoms with Gasteiger partial charge in [0.25, 0.3) is 5.69 Å². The summed E-state index contributed by atoms with van der Waals surface area (Å²) >= 11 is 0. The molecule has 0 fully saturated rings. The maximum Gasteiger partial charge on any atom is 0.269 e. The number of nitrogens with zero attached hydrogens (tertiary/aromatic N) is 4. The van der Waals surface area contributed by atoms with Crippen LogP contribution in [0.15, 0.2) is 76.5 Å². The number of hydrogen-bond acceptors (Lipinski definition) is 7. The molecule has 0 atom stereocenters. The lowest BCUT2D eigenvalue weighted by atomic mass is 10.1. The van der Waals surface area contributed by atoms with Crippen LogP contribution in [0.4, 0.5) is 11.5 Å². The highest BCUT2D eigenvalue weighted by Crippen LogP contribution is 2.24. The number of benzene rings is 2. The fourth-order valence-electron chi connectivity index (χ4n) is 2.58. The van der Waals surface area contributed by atoms with Gasteiger partial charge in [-0.3, -0.25) is 15.5 Å². The summed E-state index contributed by atoms with van der Waals surface area (Å²) < 4.78 is 5.70. The Morgan fingerprint density at radius 2 is 1.85 bits per heavy atom. The van der Waals surface area contributed by atoms with Gasteiger partial charge in [0.2, 0.25) is 0 Å². The van der Waals surface area contributed by atoms with Crippen LogP contribution in [0.3, 0.4) is 0 Å². The molecule has 0 radical (unpaired) electrons. The Labute approximate surface area is 153 Å². The molecule has 8 heteroatoms. The standard InChI is InChI=1S/C19H13N5O3/c25-24(26)14-7-5-13(6-8-14)18-10-9-15(27-18)11-22-23-19-16-3-1-2-4-17(16)20-12-21-19/h1-12H,(H,20,21,23). The summed E-state index contributed by atoms with van der Waals surface area (Å²) in [5, 5.41) is 15.7. The summed E-state index contributed by atoms with van der Waals surface area (Å²) in [6, 6.07) is 17.3. The van der Waals surface area contributed by atoms with Crippen molar-refractivity contribution in [3.8, 4) is 11.3 Å². The Morgan fingerprint density at radius 1 is 1.04 bits per heavy atom. The van der Waals surface area contributed by atoms with Gasteiger partial charge >= 0.3 is 0 Å². The van der Waals surface area contributed by atoms with Gasteiger partial charge in [-0.2, -0.15) is 5.10 Å². The van der Waals surface area contributed by atoms with Gasteiger partial charge < -0.3 is 4.42 Å². The molecule has 0 amide bonds. The number of rotatable bonds is 5. The van der Waals surface area contributed by atoms with Crippen molar-refractivity contribution in [2.45, 2.75) is 0 Å². The molecule has 0 spiro atoms. The minimum atomic E-state index is -0.438. The second kappa shape index (κ2) is 7.04. The molecule has 0 aliphatic carbocycles. The molecule has 0 saturated heterocycles. The Hall–Kier alpha value is -4.07. The number of aromatic nitrogens is 2. The summed E-state index contributed by atoms with van der Waals surface area (Å²) in [6.07, 6.45) is 3.01. The fraction of sp³-hybridized carbons (Fsp3) is 0. The maximum atomic E-state index is 10.7. The van der Waals surface area contributed by atoms with Crippen LogP contribution < -0.4 is 5.43 Å². The highest BCUT2D eigenvalue weighted by atomic mass is 16.6. The zero-order chi connectivity index (χ0) is 18.6. The van der Waals surface area contributed by atoms with Crippen LogP contribution in [0.1, 0.15) is 5.76 Å². The van der Waals surface area contributed by atoms with E-state index < -0.39 is 4.92 Å². The van der Waals surface area contributed by atoms with Crippen molar-refractivity contribution in [2.75, 3.05) is 5.43 Å². The van der Waals surface area contributed by atoms with Gasteiger partial charge in [0.05, 0.1) is 16.7 Å². The zero-order valence-corrected chi connectivity index (χ0v) is 13.9. The number of non-ortho nitro benzene ring substituents is 1. The van der Waals surface area contributed by atoms with Crippen LogP contribution in [0, 0.1) is 10.1 Å². The van der Waals surface area contributed by atoms with Gasteiger partial charge in [0.15, 0.2) is 5.82 Å². The average molecular weight is 359 g/mol. The van der Waals surface area contributed by atoms with Crippen molar-refractivity contribution in [1.82, 2.24) is 9.97 Å². The van der Waals surface area contributed by atoms with Gasteiger partial charge in [-0.05, 0) is 36.4 Å². The van der Waals surface area contributed by atoms with E-state index in [4.69, 9.17) is 4.42 Å². The molecule has 2 heterocycles. The summed E-state index contributed by atoms with van der Waals surface area (Å²) in [5.74, 6) is 1.73. The van der Waals surface area contributed by atoms with E-state index in [-0.39, 0.29) is 5.69 Å².